The van der Waals surface area contributed by atoms with Crippen LogP contribution in [0.15, 0.2) is 24.3 Å². The van der Waals surface area contributed by atoms with Gasteiger partial charge < -0.3 is 5.11 Å². The van der Waals surface area contributed by atoms with Crippen molar-refractivity contribution in [2.75, 3.05) is 12.3 Å². The SMILES string of the molecule is CC(C)CCS(=O)(=O)NCCc1ccc(C(=O)O)cc1. The predicted molar refractivity (Wildman–Crippen MR) is 78.3 cm³/mol. The minimum Gasteiger partial charge on any atom is -0.478 e. The fourth-order valence-corrected chi connectivity index (χ4v) is 2.97. The Labute approximate surface area is 120 Å². The van der Waals surface area contributed by atoms with Crippen LogP contribution >= 0.6 is 0 Å². The van der Waals surface area contributed by atoms with Crippen LogP contribution in [0.1, 0.15) is 36.2 Å². The van der Waals surface area contributed by atoms with E-state index in [1.165, 1.54) is 12.1 Å². The molecule has 0 fully saturated rings. The Bertz CT molecular complexity index is 535. The molecule has 2 N–H and O–H groups in total. The van der Waals surface area contributed by atoms with E-state index >= 15 is 0 Å². The molecule has 0 radical (unpaired) electrons. The van der Waals surface area contributed by atoms with Gasteiger partial charge >= 0.3 is 5.97 Å². The second-order valence-electron chi connectivity index (χ2n) is 5.15. The van der Waals surface area contributed by atoms with Gasteiger partial charge in [-0.3, -0.25) is 0 Å². The zero-order valence-electron chi connectivity index (χ0n) is 11.8. The largest absolute Gasteiger partial charge is 0.478 e. The van der Waals surface area contributed by atoms with E-state index in [9.17, 15) is 13.2 Å². The lowest BCUT2D eigenvalue weighted by Gasteiger charge is -2.08. The zero-order chi connectivity index (χ0) is 15.2. The summed E-state index contributed by atoms with van der Waals surface area (Å²) in [4.78, 5) is 10.7. The molecule has 0 unspecified atom stereocenters. The molecule has 0 bridgehead atoms. The highest BCUT2D eigenvalue weighted by Gasteiger charge is 2.10. The van der Waals surface area contributed by atoms with Crippen molar-refractivity contribution in [1.82, 2.24) is 4.72 Å². The Morgan fingerprint density at radius 2 is 1.85 bits per heavy atom. The van der Waals surface area contributed by atoms with E-state index in [0.29, 0.717) is 25.3 Å². The van der Waals surface area contributed by atoms with Crippen LogP contribution in [0.25, 0.3) is 0 Å². The van der Waals surface area contributed by atoms with Gasteiger partial charge in [-0.25, -0.2) is 17.9 Å². The fraction of sp³-hybridized carbons (Fsp3) is 0.500. The first kappa shape index (κ1) is 16.7. The van der Waals surface area contributed by atoms with Gasteiger partial charge in [0.25, 0.3) is 0 Å². The van der Waals surface area contributed by atoms with Gasteiger partial charge in [-0.1, -0.05) is 26.0 Å². The van der Waals surface area contributed by atoms with Gasteiger partial charge in [0, 0.05) is 6.54 Å². The summed E-state index contributed by atoms with van der Waals surface area (Å²) in [6.45, 7) is 4.30. The number of nitrogens with one attached hydrogen (secondary N) is 1. The van der Waals surface area contributed by atoms with E-state index < -0.39 is 16.0 Å². The second kappa shape index (κ2) is 7.40. The van der Waals surface area contributed by atoms with Gasteiger partial charge in [0.15, 0.2) is 0 Å². The number of carbonyl (C=O) groups is 1. The normalized spacial score (nSPS) is 11.8. The molecule has 1 aromatic rings. The van der Waals surface area contributed by atoms with E-state index in [4.69, 9.17) is 5.11 Å². The summed E-state index contributed by atoms with van der Waals surface area (Å²) < 4.78 is 25.9. The highest BCUT2D eigenvalue weighted by Crippen LogP contribution is 2.06. The van der Waals surface area contributed by atoms with Crippen molar-refractivity contribution in [2.45, 2.75) is 26.7 Å². The van der Waals surface area contributed by atoms with Crippen LogP contribution in [0.3, 0.4) is 0 Å². The first-order valence-electron chi connectivity index (χ1n) is 6.60. The van der Waals surface area contributed by atoms with Gasteiger partial charge in [-0.15, -0.1) is 0 Å². The minimum absolute atomic E-state index is 0.141. The molecule has 1 rings (SSSR count). The van der Waals surface area contributed by atoms with E-state index in [0.717, 1.165) is 5.56 Å². The Morgan fingerprint density at radius 1 is 1.25 bits per heavy atom. The fourth-order valence-electron chi connectivity index (χ4n) is 1.63. The monoisotopic (exact) mass is 299 g/mol. The van der Waals surface area contributed by atoms with Crippen LogP contribution in [0, 0.1) is 5.92 Å². The number of hydrogen-bond acceptors (Lipinski definition) is 3. The van der Waals surface area contributed by atoms with Crippen LogP contribution in [-0.2, 0) is 16.4 Å². The Balaban J connectivity index is 2.42. The molecule has 0 amide bonds. The molecule has 20 heavy (non-hydrogen) atoms. The van der Waals surface area contributed by atoms with Gasteiger partial charge in [0.2, 0.25) is 10.0 Å². The summed E-state index contributed by atoms with van der Waals surface area (Å²) in [6.07, 6.45) is 1.18. The van der Waals surface area contributed by atoms with Gasteiger partial charge in [-0.2, -0.15) is 0 Å². The summed E-state index contributed by atoms with van der Waals surface area (Å²) in [7, 11) is -3.21. The van der Waals surface area contributed by atoms with E-state index in [1.807, 2.05) is 13.8 Å². The van der Waals surface area contributed by atoms with Crippen molar-refractivity contribution in [1.29, 1.82) is 0 Å². The molecule has 0 heterocycles. The molecular formula is C14H21NO4S. The van der Waals surface area contributed by atoms with E-state index in [1.54, 1.807) is 12.1 Å². The summed E-state index contributed by atoms with van der Waals surface area (Å²) in [5.41, 5.74) is 1.13. The molecule has 0 saturated heterocycles. The van der Waals surface area contributed by atoms with E-state index in [2.05, 4.69) is 4.72 Å². The maximum atomic E-state index is 11.7. The average molecular weight is 299 g/mol. The van der Waals surface area contributed by atoms with Crippen molar-refractivity contribution >= 4 is 16.0 Å². The standard InChI is InChI=1S/C14H21NO4S/c1-11(2)8-10-20(18,19)15-9-7-12-3-5-13(6-4-12)14(16)17/h3-6,11,15H,7-10H2,1-2H3,(H,16,17). The molecule has 0 saturated carbocycles. The third kappa shape index (κ3) is 6.16. The van der Waals surface area contributed by atoms with Crippen molar-refractivity contribution in [3.63, 3.8) is 0 Å². The van der Waals surface area contributed by atoms with E-state index in [-0.39, 0.29) is 11.3 Å². The number of rotatable bonds is 8. The first-order valence-corrected chi connectivity index (χ1v) is 8.25. The lowest BCUT2D eigenvalue weighted by molar-refractivity contribution is 0.0697. The number of carboxylic acid groups (broad SMARTS) is 1. The Hall–Kier alpha value is -1.40. The van der Waals surface area contributed by atoms with Gasteiger partial charge in [0.05, 0.1) is 11.3 Å². The molecule has 5 nitrogen and oxygen atoms in total. The number of aromatic carboxylic acids is 1. The van der Waals surface area contributed by atoms with Crippen molar-refractivity contribution in [2.24, 2.45) is 5.92 Å². The lowest BCUT2D eigenvalue weighted by Crippen LogP contribution is -2.28. The minimum atomic E-state index is -3.21. The topological polar surface area (TPSA) is 83.5 Å². The summed E-state index contributed by atoms with van der Waals surface area (Å²) in [6, 6.07) is 6.44. The molecule has 0 spiro atoms. The number of benzene rings is 1. The maximum absolute atomic E-state index is 11.7. The quantitative estimate of drug-likeness (QED) is 0.768. The molecule has 1 aromatic carbocycles. The zero-order valence-corrected chi connectivity index (χ0v) is 12.6. The lowest BCUT2D eigenvalue weighted by atomic mass is 10.1. The highest BCUT2D eigenvalue weighted by atomic mass is 32.2. The summed E-state index contributed by atoms with van der Waals surface area (Å²) in [5.74, 6) is -0.469. The number of carboxylic acids is 1. The molecular weight excluding hydrogens is 278 g/mol. The molecule has 6 heteroatoms. The summed E-state index contributed by atoms with van der Waals surface area (Å²) >= 11 is 0. The predicted octanol–water partition coefficient (Wildman–Crippen LogP) is 1.89. The van der Waals surface area contributed by atoms with Gasteiger partial charge in [-0.05, 0) is 36.5 Å². The molecule has 0 atom stereocenters. The average Bonchev–Trinajstić information content (AvgIpc) is 2.37. The van der Waals surface area contributed by atoms with Crippen LogP contribution in [-0.4, -0.2) is 31.8 Å². The molecule has 0 aliphatic heterocycles. The molecule has 0 aromatic heterocycles. The molecule has 0 aliphatic rings. The van der Waals surface area contributed by atoms with Crippen molar-refractivity contribution in [3.8, 4) is 0 Å². The highest BCUT2D eigenvalue weighted by molar-refractivity contribution is 7.89. The molecule has 0 aliphatic carbocycles. The van der Waals surface area contributed by atoms with Crippen molar-refractivity contribution in [3.05, 3.63) is 35.4 Å². The summed E-state index contributed by atoms with van der Waals surface area (Å²) in [5, 5.41) is 8.77. The maximum Gasteiger partial charge on any atom is 0.335 e. The number of sulfonamides is 1. The third-order valence-electron chi connectivity index (χ3n) is 2.90. The van der Waals surface area contributed by atoms with Crippen molar-refractivity contribution < 1.29 is 18.3 Å². The third-order valence-corrected chi connectivity index (χ3v) is 4.32. The smallest absolute Gasteiger partial charge is 0.335 e. The Kier molecular flexibility index (Phi) is 6.16. The first-order chi connectivity index (χ1) is 9.30. The Morgan fingerprint density at radius 3 is 2.35 bits per heavy atom. The van der Waals surface area contributed by atoms with Crippen LogP contribution in [0.4, 0.5) is 0 Å². The van der Waals surface area contributed by atoms with Crippen LogP contribution < -0.4 is 4.72 Å². The second-order valence-corrected chi connectivity index (χ2v) is 7.07. The van der Waals surface area contributed by atoms with Crippen LogP contribution in [0.2, 0.25) is 0 Å². The van der Waals surface area contributed by atoms with Crippen LogP contribution in [0.5, 0.6) is 0 Å². The van der Waals surface area contributed by atoms with Gasteiger partial charge in [0.1, 0.15) is 0 Å². The molecule has 112 valence electrons. The number of hydrogen-bond donors (Lipinski definition) is 2.